The van der Waals surface area contributed by atoms with Gasteiger partial charge in [-0.2, -0.15) is 0 Å². The third-order valence-electron chi connectivity index (χ3n) is 2.69. The van der Waals surface area contributed by atoms with Gasteiger partial charge in [-0.25, -0.2) is 0 Å². The Hall–Kier alpha value is -1.15. The van der Waals surface area contributed by atoms with Gasteiger partial charge in [0.1, 0.15) is 0 Å². The van der Waals surface area contributed by atoms with Crippen molar-refractivity contribution in [1.29, 1.82) is 0 Å². The fourth-order valence-corrected chi connectivity index (χ4v) is 2.51. The molecule has 14 heavy (non-hydrogen) atoms. The lowest BCUT2D eigenvalue weighted by atomic mass is 10.1. The summed E-state index contributed by atoms with van der Waals surface area (Å²) < 4.78 is 1.20. The minimum Gasteiger partial charge on any atom is -0.264 e. The average molecular weight is 246 g/mol. The summed E-state index contributed by atoms with van der Waals surface area (Å²) in [7, 11) is 0. The highest BCUT2D eigenvalue weighted by Crippen LogP contribution is 2.39. The molecule has 1 nitrogen and oxygen atoms in total. The Balaban J connectivity index is 2.33. The monoisotopic (exact) mass is 245 g/mol. The number of rotatable bonds is 0. The standard InChI is InChI=1S/C12H8BrN/c13-12-3-1-2-9-10(12)6-8-4-5-14-7-11(8)9/h1-5,7H,6H2. The van der Waals surface area contributed by atoms with Crippen LogP contribution in [0.4, 0.5) is 0 Å². The van der Waals surface area contributed by atoms with Crippen molar-refractivity contribution in [3.8, 4) is 11.1 Å². The zero-order valence-corrected chi connectivity index (χ0v) is 9.08. The minimum atomic E-state index is 1.02. The predicted molar refractivity (Wildman–Crippen MR) is 60.2 cm³/mol. The summed E-state index contributed by atoms with van der Waals surface area (Å²) in [5, 5.41) is 0. The van der Waals surface area contributed by atoms with Gasteiger partial charge in [-0.1, -0.05) is 28.1 Å². The highest BCUT2D eigenvalue weighted by molar-refractivity contribution is 9.10. The summed E-state index contributed by atoms with van der Waals surface area (Å²) in [6.45, 7) is 0. The van der Waals surface area contributed by atoms with Gasteiger partial charge in [0, 0.05) is 22.4 Å². The Kier molecular flexibility index (Phi) is 1.71. The van der Waals surface area contributed by atoms with Crippen molar-refractivity contribution >= 4 is 15.9 Å². The molecule has 3 rings (SSSR count). The number of halogens is 1. The molecule has 0 fully saturated rings. The molecule has 0 radical (unpaired) electrons. The number of hydrogen-bond acceptors (Lipinski definition) is 1. The summed E-state index contributed by atoms with van der Waals surface area (Å²) in [5.74, 6) is 0. The molecule has 1 aromatic carbocycles. The van der Waals surface area contributed by atoms with E-state index in [1.165, 1.54) is 26.7 Å². The van der Waals surface area contributed by atoms with Gasteiger partial charge in [-0.05, 0) is 35.2 Å². The van der Waals surface area contributed by atoms with Crippen molar-refractivity contribution in [2.45, 2.75) is 6.42 Å². The number of pyridine rings is 1. The number of benzene rings is 1. The Morgan fingerprint density at radius 2 is 2.07 bits per heavy atom. The molecule has 1 aliphatic rings. The quantitative estimate of drug-likeness (QED) is 0.592. The van der Waals surface area contributed by atoms with Crippen LogP contribution in [0.5, 0.6) is 0 Å². The van der Waals surface area contributed by atoms with E-state index >= 15 is 0 Å². The van der Waals surface area contributed by atoms with Crippen LogP contribution in [0.2, 0.25) is 0 Å². The lowest BCUT2D eigenvalue weighted by Gasteiger charge is -2.00. The van der Waals surface area contributed by atoms with Gasteiger partial charge in [0.05, 0.1) is 0 Å². The van der Waals surface area contributed by atoms with Gasteiger partial charge in [-0.15, -0.1) is 0 Å². The van der Waals surface area contributed by atoms with E-state index in [1.54, 1.807) is 0 Å². The van der Waals surface area contributed by atoms with Crippen LogP contribution in [0, 0.1) is 0 Å². The maximum Gasteiger partial charge on any atom is 0.0349 e. The first-order valence-electron chi connectivity index (χ1n) is 4.57. The summed E-state index contributed by atoms with van der Waals surface area (Å²) in [6.07, 6.45) is 4.83. The van der Waals surface area contributed by atoms with Crippen LogP contribution in [0.25, 0.3) is 11.1 Å². The lowest BCUT2D eigenvalue weighted by molar-refractivity contribution is 1.22. The molecule has 0 N–H and O–H groups in total. The predicted octanol–water partition coefficient (Wildman–Crippen LogP) is 3.42. The molecule has 0 unspecified atom stereocenters. The van der Waals surface area contributed by atoms with E-state index < -0.39 is 0 Å². The SMILES string of the molecule is Brc1cccc2c1Cc1ccncc1-2. The van der Waals surface area contributed by atoms with E-state index in [-0.39, 0.29) is 0 Å². The van der Waals surface area contributed by atoms with E-state index in [1.807, 2.05) is 12.4 Å². The van der Waals surface area contributed by atoms with Crippen LogP contribution in [-0.2, 0) is 6.42 Å². The fraction of sp³-hybridized carbons (Fsp3) is 0.0833. The zero-order valence-electron chi connectivity index (χ0n) is 7.50. The maximum atomic E-state index is 4.17. The molecule has 1 aromatic heterocycles. The molecule has 0 saturated carbocycles. The average Bonchev–Trinajstić information content (AvgIpc) is 2.59. The first-order chi connectivity index (χ1) is 6.86. The van der Waals surface area contributed by atoms with E-state index in [0.29, 0.717) is 0 Å². The molecule has 0 atom stereocenters. The molecular formula is C12H8BrN. The first kappa shape index (κ1) is 8.18. The van der Waals surface area contributed by atoms with Gasteiger partial charge in [0.15, 0.2) is 0 Å². The highest BCUT2D eigenvalue weighted by Gasteiger charge is 2.19. The second-order valence-corrected chi connectivity index (χ2v) is 4.33. The molecule has 2 aromatic rings. The second kappa shape index (κ2) is 2.92. The van der Waals surface area contributed by atoms with Crippen LogP contribution in [-0.4, -0.2) is 4.98 Å². The normalized spacial score (nSPS) is 12.4. The van der Waals surface area contributed by atoms with E-state index in [0.717, 1.165) is 6.42 Å². The van der Waals surface area contributed by atoms with E-state index in [4.69, 9.17) is 0 Å². The topological polar surface area (TPSA) is 12.9 Å². The molecule has 1 heterocycles. The third kappa shape index (κ3) is 1.04. The van der Waals surface area contributed by atoms with Crippen molar-refractivity contribution in [2.75, 3.05) is 0 Å². The summed E-state index contributed by atoms with van der Waals surface area (Å²) in [4.78, 5) is 4.17. The molecular weight excluding hydrogens is 238 g/mol. The number of hydrogen-bond donors (Lipinski definition) is 0. The van der Waals surface area contributed by atoms with Gasteiger partial charge < -0.3 is 0 Å². The minimum absolute atomic E-state index is 1.02. The molecule has 2 heteroatoms. The van der Waals surface area contributed by atoms with Gasteiger partial charge in [-0.3, -0.25) is 4.98 Å². The molecule has 0 bridgehead atoms. The number of fused-ring (bicyclic) bond motifs is 3. The Morgan fingerprint density at radius 1 is 1.14 bits per heavy atom. The molecule has 0 saturated heterocycles. The van der Waals surface area contributed by atoms with Gasteiger partial charge >= 0.3 is 0 Å². The number of aromatic nitrogens is 1. The zero-order chi connectivity index (χ0) is 9.54. The summed E-state index contributed by atoms with van der Waals surface area (Å²) in [6, 6.07) is 8.43. The number of nitrogens with zero attached hydrogens (tertiary/aromatic N) is 1. The van der Waals surface area contributed by atoms with Crippen LogP contribution in [0.3, 0.4) is 0 Å². The largest absolute Gasteiger partial charge is 0.264 e. The fourth-order valence-electron chi connectivity index (χ4n) is 2.00. The second-order valence-electron chi connectivity index (χ2n) is 3.48. The van der Waals surface area contributed by atoms with Crippen LogP contribution in [0.15, 0.2) is 41.1 Å². The van der Waals surface area contributed by atoms with Crippen LogP contribution < -0.4 is 0 Å². The molecule has 68 valence electrons. The van der Waals surface area contributed by atoms with E-state index in [9.17, 15) is 0 Å². The summed E-state index contributed by atoms with van der Waals surface area (Å²) >= 11 is 3.59. The third-order valence-corrected chi connectivity index (χ3v) is 3.43. The van der Waals surface area contributed by atoms with Gasteiger partial charge in [0.2, 0.25) is 0 Å². The van der Waals surface area contributed by atoms with Crippen molar-refractivity contribution in [3.05, 3.63) is 52.3 Å². The molecule has 1 aliphatic carbocycles. The van der Waals surface area contributed by atoms with E-state index in [2.05, 4.69) is 45.2 Å². The molecule has 0 amide bonds. The van der Waals surface area contributed by atoms with Crippen molar-refractivity contribution in [1.82, 2.24) is 4.98 Å². The lowest BCUT2D eigenvalue weighted by Crippen LogP contribution is -1.81. The highest BCUT2D eigenvalue weighted by atomic mass is 79.9. The Bertz CT molecular complexity index is 505. The Labute approximate surface area is 90.9 Å². The van der Waals surface area contributed by atoms with Crippen molar-refractivity contribution in [2.24, 2.45) is 0 Å². The van der Waals surface area contributed by atoms with Crippen molar-refractivity contribution in [3.63, 3.8) is 0 Å². The smallest absolute Gasteiger partial charge is 0.0349 e. The Morgan fingerprint density at radius 3 is 3.00 bits per heavy atom. The van der Waals surface area contributed by atoms with Crippen LogP contribution in [0.1, 0.15) is 11.1 Å². The molecule has 0 spiro atoms. The van der Waals surface area contributed by atoms with Crippen LogP contribution >= 0.6 is 15.9 Å². The molecule has 0 aliphatic heterocycles. The summed E-state index contributed by atoms with van der Waals surface area (Å²) in [5.41, 5.74) is 5.36. The van der Waals surface area contributed by atoms with Crippen molar-refractivity contribution < 1.29 is 0 Å². The maximum absolute atomic E-state index is 4.17. The first-order valence-corrected chi connectivity index (χ1v) is 5.36. The van der Waals surface area contributed by atoms with Gasteiger partial charge in [0.25, 0.3) is 0 Å².